The Morgan fingerprint density at radius 2 is 2.05 bits per heavy atom. The molecule has 0 amide bonds. The minimum Gasteiger partial charge on any atom is -0.343 e. The van der Waals surface area contributed by atoms with Crippen LogP contribution in [0.2, 0.25) is 0 Å². The fourth-order valence-electron chi connectivity index (χ4n) is 2.58. The standard InChI is InChI=1S/C13H17N5O2S/c1-21(19,20)18-6-2-10(3-7-18)11-8-14-9-12(17-11)13-15-4-5-16-13/h4-5,8-10H,2-3,6-7H2,1H3,(H,15,16). The number of nitrogens with one attached hydrogen (secondary N) is 1. The molecule has 1 N–H and O–H groups in total. The molecule has 0 spiro atoms. The van der Waals surface area contributed by atoms with E-state index < -0.39 is 10.0 Å². The van der Waals surface area contributed by atoms with E-state index in [1.165, 1.54) is 10.6 Å². The van der Waals surface area contributed by atoms with Crippen molar-refractivity contribution in [1.29, 1.82) is 0 Å². The van der Waals surface area contributed by atoms with Crippen molar-refractivity contribution in [3.05, 3.63) is 30.5 Å². The molecule has 0 aromatic carbocycles. The summed E-state index contributed by atoms with van der Waals surface area (Å²) in [6.07, 6.45) is 9.64. The molecule has 0 bridgehead atoms. The molecule has 0 aliphatic carbocycles. The number of hydrogen-bond donors (Lipinski definition) is 1. The number of nitrogens with zero attached hydrogens (tertiary/aromatic N) is 4. The molecule has 8 heteroatoms. The van der Waals surface area contributed by atoms with Crippen molar-refractivity contribution < 1.29 is 8.42 Å². The quantitative estimate of drug-likeness (QED) is 0.913. The minimum absolute atomic E-state index is 0.241. The second-order valence-electron chi connectivity index (χ2n) is 5.20. The van der Waals surface area contributed by atoms with Gasteiger partial charge in [-0.2, -0.15) is 0 Å². The van der Waals surface area contributed by atoms with Gasteiger partial charge in [0.1, 0.15) is 5.69 Å². The lowest BCUT2D eigenvalue weighted by molar-refractivity contribution is 0.318. The molecule has 1 fully saturated rings. The molecule has 0 unspecified atom stereocenters. The van der Waals surface area contributed by atoms with Crippen LogP contribution in [0.5, 0.6) is 0 Å². The highest BCUT2D eigenvalue weighted by molar-refractivity contribution is 7.88. The van der Waals surface area contributed by atoms with Gasteiger partial charge in [-0.05, 0) is 12.8 Å². The zero-order valence-electron chi connectivity index (χ0n) is 11.7. The van der Waals surface area contributed by atoms with Crippen LogP contribution in [-0.4, -0.2) is 52.0 Å². The zero-order valence-corrected chi connectivity index (χ0v) is 12.5. The summed E-state index contributed by atoms with van der Waals surface area (Å²) < 4.78 is 24.6. The van der Waals surface area contributed by atoms with Crippen molar-refractivity contribution in [2.24, 2.45) is 0 Å². The average Bonchev–Trinajstić information content (AvgIpc) is 3.01. The molecule has 2 aromatic heterocycles. The average molecular weight is 307 g/mol. The summed E-state index contributed by atoms with van der Waals surface area (Å²) >= 11 is 0. The van der Waals surface area contributed by atoms with Crippen LogP contribution >= 0.6 is 0 Å². The van der Waals surface area contributed by atoms with Crippen LogP contribution in [-0.2, 0) is 10.0 Å². The molecule has 3 rings (SSSR count). The van der Waals surface area contributed by atoms with Gasteiger partial charge in [0.05, 0.1) is 18.1 Å². The third-order valence-corrected chi connectivity index (χ3v) is 5.04. The number of H-pyrrole nitrogens is 1. The Morgan fingerprint density at radius 3 is 2.67 bits per heavy atom. The summed E-state index contributed by atoms with van der Waals surface area (Å²) in [5.41, 5.74) is 1.61. The largest absolute Gasteiger partial charge is 0.343 e. The Labute approximate surface area is 123 Å². The number of imidazole rings is 1. The van der Waals surface area contributed by atoms with E-state index in [2.05, 4.69) is 19.9 Å². The molecule has 1 aliphatic heterocycles. The molecule has 1 aliphatic rings. The van der Waals surface area contributed by atoms with Crippen molar-refractivity contribution in [3.8, 4) is 11.5 Å². The first-order valence-electron chi connectivity index (χ1n) is 6.81. The van der Waals surface area contributed by atoms with Crippen LogP contribution in [0.15, 0.2) is 24.8 Å². The van der Waals surface area contributed by atoms with E-state index in [9.17, 15) is 8.42 Å². The smallest absolute Gasteiger partial charge is 0.211 e. The number of piperidine rings is 1. The maximum absolute atomic E-state index is 11.5. The van der Waals surface area contributed by atoms with Gasteiger partial charge in [-0.3, -0.25) is 4.98 Å². The highest BCUT2D eigenvalue weighted by atomic mass is 32.2. The molecule has 0 atom stereocenters. The predicted molar refractivity (Wildman–Crippen MR) is 78.0 cm³/mol. The fourth-order valence-corrected chi connectivity index (χ4v) is 3.45. The Hall–Kier alpha value is -1.80. The summed E-state index contributed by atoms with van der Waals surface area (Å²) in [6.45, 7) is 1.08. The monoisotopic (exact) mass is 307 g/mol. The topological polar surface area (TPSA) is 91.8 Å². The molecule has 0 saturated carbocycles. The van der Waals surface area contributed by atoms with E-state index in [-0.39, 0.29) is 5.92 Å². The minimum atomic E-state index is -3.09. The lowest BCUT2D eigenvalue weighted by atomic mass is 9.95. The van der Waals surface area contributed by atoms with Gasteiger partial charge in [0, 0.05) is 37.6 Å². The molecule has 21 heavy (non-hydrogen) atoms. The normalized spacial score (nSPS) is 18.0. The zero-order chi connectivity index (χ0) is 14.9. The van der Waals surface area contributed by atoms with E-state index in [4.69, 9.17) is 0 Å². The van der Waals surface area contributed by atoms with Crippen molar-refractivity contribution in [2.75, 3.05) is 19.3 Å². The summed E-state index contributed by atoms with van der Waals surface area (Å²) in [4.78, 5) is 16.0. The fraction of sp³-hybridized carbons (Fsp3) is 0.462. The number of aromatic nitrogens is 4. The van der Waals surface area contributed by atoms with Crippen molar-refractivity contribution in [1.82, 2.24) is 24.2 Å². The second kappa shape index (κ2) is 5.53. The summed E-state index contributed by atoms with van der Waals surface area (Å²) in [7, 11) is -3.09. The Balaban J connectivity index is 1.76. The van der Waals surface area contributed by atoms with Crippen LogP contribution < -0.4 is 0 Å². The highest BCUT2D eigenvalue weighted by Crippen LogP contribution is 2.28. The highest BCUT2D eigenvalue weighted by Gasteiger charge is 2.26. The van der Waals surface area contributed by atoms with E-state index in [0.717, 1.165) is 18.5 Å². The van der Waals surface area contributed by atoms with Crippen molar-refractivity contribution in [3.63, 3.8) is 0 Å². The summed E-state index contributed by atoms with van der Waals surface area (Å²) in [5, 5.41) is 0. The van der Waals surface area contributed by atoms with Crippen molar-refractivity contribution >= 4 is 10.0 Å². The van der Waals surface area contributed by atoms with E-state index in [0.29, 0.717) is 24.6 Å². The molecule has 3 heterocycles. The first-order chi connectivity index (χ1) is 10.0. The van der Waals surface area contributed by atoms with Gasteiger partial charge in [0.25, 0.3) is 0 Å². The molecule has 7 nitrogen and oxygen atoms in total. The third-order valence-electron chi connectivity index (χ3n) is 3.74. The van der Waals surface area contributed by atoms with Gasteiger partial charge in [-0.15, -0.1) is 0 Å². The molecular formula is C13H17N5O2S. The number of rotatable bonds is 3. The predicted octanol–water partition coefficient (Wildman–Crippen LogP) is 1.01. The summed E-state index contributed by atoms with van der Waals surface area (Å²) in [6, 6.07) is 0. The van der Waals surface area contributed by atoms with Crippen LogP contribution in [0.25, 0.3) is 11.5 Å². The van der Waals surface area contributed by atoms with Crippen LogP contribution in [0.1, 0.15) is 24.5 Å². The molecule has 0 radical (unpaired) electrons. The second-order valence-corrected chi connectivity index (χ2v) is 7.19. The molecule has 1 saturated heterocycles. The molecule has 112 valence electrons. The molecular weight excluding hydrogens is 290 g/mol. The Morgan fingerprint density at radius 1 is 1.29 bits per heavy atom. The van der Waals surface area contributed by atoms with Gasteiger partial charge in [0.2, 0.25) is 10.0 Å². The van der Waals surface area contributed by atoms with E-state index >= 15 is 0 Å². The SMILES string of the molecule is CS(=O)(=O)N1CCC(c2cncc(-c3ncc[nH]3)n2)CC1. The number of hydrogen-bond acceptors (Lipinski definition) is 5. The van der Waals surface area contributed by atoms with Crippen LogP contribution in [0.3, 0.4) is 0 Å². The van der Waals surface area contributed by atoms with Crippen LogP contribution in [0, 0.1) is 0 Å². The maximum Gasteiger partial charge on any atom is 0.211 e. The van der Waals surface area contributed by atoms with Crippen LogP contribution in [0.4, 0.5) is 0 Å². The number of sulfonamides is 1. The maximum atomic E-state index is 11.5. The number of aromatic amines is 1. The molecule has 2 aromatic rings. The summed E-state index contributed by atoms with van der Waals surface area (Å²) in [5.74, 6) is 0.934. The Bertz CT molecular complexity index is 706. The lowest BCUT2D eigenvalue weighted by Gasteiger charge is -2.29. The van der Waals surface area contributed by atoms with Gasteiger partial charge < -0.3 is 4.98 Å². The van der Waals surface area contributed by atoms with Crippen molar-refractivity contribution in [2.45, 2.75) is 18.8 Å². The lowest BCUT2D eigenvalue weighted by Crippen LogP contribution is -2.37. The third kappa shape index (κ3) is 3.11. The van der Waals surface area contributed by atoms with E-state index in [1.54, 1.807) is 24.8 Å². The van der Waals surface area contributed by atoms with Gasteiger partial charge in [-0.1, -0.05) is 0 Å². The van der Waals surface area contributed by atoms with E-state index in [1.807, 2.05) is 0 Å². The Kier molecular flexibility index (Phi) is 3.73. The van der Waals surface area contributed by atoms with Gasteiger partial charge in [-0.25, -0.2) is 22.7 Å². The van der Waals surface area contributed by atoms with Gasteiger partial charge >= 0.3 is 0 Å². The van der Waals surface area contributed by atoms with Gasteiger partial charge in [0.15, 0.2) is 5.82 Å². The first kappa shape index (κ1) is 14.2. The first-order valence-corrected chi connectivity index (χ1v) is 8.65.